The molecule has 0 rings (SSSR count). The second-order valence-electron chi connectivity index (χ2n) is 6.02. The molecule has 0 spiro atoms. The molecular formula is C15H33Br2NiO2P2. The van der Waals surface area contributed by atoms with Gasteiger partial charge in [-0.1, -0.05) is 68.6 Å². The quantitative estimate of drug-likeness (QED) is 0.129. The van der Waals surface area contributed by atoms with Gasteiger partial charge in [-0.2, -0.15) is 0 Å². The molecule has 0 radical (unpaired) electrons. The predicted molar refractivity (Wildman–Crippen MR) is 108 cm³/mol. The Morgan fingerprint density at radius 2 is 0.955 bits per heavy atom. The van der Waals surface area contributed by atoms with Crippen LogP contribution in [0.1, 0.15) is 55.4 Å². The molecule has 0 aliphatic heterocycles. The van der Waals surface area contributed by atoms with E-state index in [-0.39, 0.29) is 16.3 Å². The van der Waals surface area contributed by atoms with Gasteiger partial charge < -0.3 is 9.05 Å². The first-order valence-corrected chi connectivity index (χ1v) is 15.3. The second-order valence-corrected chi connectivity index (χ2v) is 17.1. The maximum atomic E-state index is 6.00. The average Bonchev–Trinajstić information content (AvgIpc) is 2.36. The molecule has 0 saturated carbocycles. The van der Waals surface area contributed by atoms with Crippen LogP contribution >= 0.6 is 44.7 Å². The number of halogens is 2. The molecule has 0 aromatic heterocycles. The zero-order chi connectivity index (χ0) is 17.7. The van der Waals surface area contributed by atoms with Crippen LogP contribution in [0.15, 0.2) is 0 Å². The fourth-order valence-corrected chi connectivity index (χ4v) is 6.25. The predicted octanol–water partition coefficient (Wildman–Crippen LogP) is 7.34. The number of rotatable bonds is 10. The molecule has 0 saturated heterocycles. The normalized spacial score (nSPS) is 12.2. The molecule has 0 amide bonds. The summed E-state index contributed by atoms with van der Waals surface area (Å²) in [5, 5.41) is 0. The van der Waals surface area contributed by atoms with Crippen LogP contribution in [0, 0.1) is 6.42 Å². The van der Waals surface area contributed by atoms with Gasteiger partial charge in [0.05, 0.1) is 0 Å². The minimum absolute atomic E-state index is 0.317. The molecular weight excluding hydrogens is 493 g/mol. The van der Waals surface area contributed by atoms with Gasteiger partial charge in [0.2, 0.25) is 0 Å². The van der Waals surface area contributed by atoms with Gasteiger partial charge in [-0.25, -0.2) is 0 Å². The van der Waals surface area contributed by atoms with Crippen molar-refractivity contribution in [3.05, 3.63) is 6.42 Å². The van der Waals surface area contributed by atoms with Gasteiger partial charge in [-0.3, -0.25) is 6.42 Å². The second kappa shape index (κ2) is 16.7. The van der Waals surface area contributed by atoms with E-state index in [2.05, 4.69) is 90.3 Å². The molecule has 0 aromatic carbocycles. The van der Waals surface area contributed by atoms with Crippen LogP contribution in [0.3, 0.4) is 0 Å². The van der Waals surface area contributed by atoms with Crippen molar-refractivity contribution in [2.45, 2.75) is 78.0 Å². The zero-order valence-corrected chi connectivity index (χ0v) is 21.0. The van der Waals surface area contributed by atoms with Crippen molar-refractivity contribution in [3.8, 4) is 0 Å². The molecule has 0 bridgehead atoms. The average molecular weight is 526 g/mol. The molecule has 0 aliphatic rings. The zero-order valence-electron chi connectivity index (χ0n) is 15.1. The first kappa shape index (κ1) is 26.5. The van der Waals surface area contributed by atoms with E-state index in [4.69, 9.17) is 9.05 Å². The van der Waals surface area contributed by atoms with Gasteiger partial charge in [0.25, 0.3) is 0 Å². The van der Waals surface area contributed by atoms with Crippen LogP contribution in [0.4, 0.5) is 0 Å². The molecule has 0 aliphatic carbocycles. The van der Waals surface area contributed by atoms with E-state index < -0.39 is 0 Å². The Bertz CT molecular complexity index is 208. The van der Waals surface area contributed by atoms with Crippen LogP contribution in [0.5, 0.6) is 0 Å². The van der Waals surface area contributed by atoms with Crippen LogP contribution in [-0.2, 0) is 19.9 Å². The molecule has 0 N–H and O–H groups in total. The summed E-state index contributed by atoms with van der Waals surface area (Å²) >= 11 is 6.00. The summed E-state index contributed by atoms with van der Waals surface area (Å²) in [6, 6.07) is 0. The van der Waals surface area contributed by atoms with Crippen molar-refractivity contribution in [1.29, 1.82) is 0 Å². The van der Waals surface area contributed by atoms with Crippen molar-refractivity contribution in [3.63, 3.8) is 0 Å². The van der Waals surface area contributed by atoms with Crippen molar-refractivity contribution >= 4 is 44.7 Å². The Morgan fingerprint density at radius 3 is 1.14 bits per heavy atom. The summed E-state index contributed by atoms with van der Waals surface area (Å²) in [5.74, 6) is 0. The Morgan fingerprint density at radius 1 is 0.727 bits per heavy atom. The Labute approximate surface area is 161 Å². The van der Waals surface area contributed by atoms with Crippen LogP contribution in [0.2, 0.25) is 0 Å². The van der Waals surface area contributed by atoms with E-state index in [0.717, 1.165) is 13.2 Å². The van der Waals surface area contributed by atoms with Gasteiger partial charge in [-0.05, 0) is 22.6 Å². The topological polar surface area (TPSA) is 18.5 Å². The van der Waals surface area contributed by atoms with E-state index in [1.807, 2.05) is 0 Å². The monoisotopic (exact) mass is 523 g/mol. The Hall–Kier alpha value is 2.23. The summed E-state index contributed by atoms with van der Waals surface area (Å²) < 4.78 is 12.0. The van der Waals surface area contributed by atoms with Gasteiger partial charge in [0, 0.05) is 16.3 Å². The van der Waals surface area contributed by atoms with E-state index in [1.165, 1.54) is 10.9 Å². The van der Waals surface area contributed by atoms with Gasteiger partial charge in [0.15, 0.2) is 0 Å². The summed E-state index contributed by atoms with van der Waals surface area (Å²) in [4.78, 5) is 0. The summed E-state index contributed by atoms with van der Waals surface area (Å²) in [7, 11) is 0.616. The molecule has 0 atom stereocenters. The van der Waals surface area contributed by atoms with E-state index in [1.54, 1.807) is 0 Å². The third-order valence-electron chi connectivity index (χ3n) is 2.72. The van der Waals surface area contributed by atoms with Crippen LogP contribution in [0.25, 0.3) is 0 Å². The van der Waals surface area contributed by atoms with E-state index in [9.17, 15) is 0 Å². The molecule has 22 heavy (non-hydrogen) atoms. The van der Waals surface area contributed by atoms with Crippen molar-refractivity contribution in [1.82, 2.24) is 0 Å². The molecule has 0 fully saturated rings. The summed E-state index contributed by atoms with van der Waals surface area (Å²) in [6.45, 7) is 19.4. The molecule has 0 aromatic rings. The molecule has 139 valence electrons. The number of hydrogen-bond acceptors (Lipinski definition) is 2. The standard InChI is InChI=1S/C15H33O2P2.2BrH.Ni/c1-12(2)18(13(3)4)16-10-9-11-17-19(14(5)6)15(7)8;;;/h9,12-15H,10-11H2,1-8H3;2*1H;/q-1;;;+3/p-2. The number of hydrogen-bond donors (Lipinski definition) is 0. The first-order valence-electron chi connectivity index (χ1n) is 7.65. The fourth-order valence-electron chi connectivity index (χ4n) is 2.11. The van der Waals surface area contributed by atoms with Crippen molar-refractivity contribution in [2.24, 2.45) is 0 Å². The molecule has 0 unspecified atom stereocenters. The van der Waals surface area contributed by atoms with E-state index in [0.29, 0.717) is 22.6 Å². The SMILES string of the molecule is CC(C)P(OC[CH-]COP(C(C)C)C(C)C)C(C)C.[Br][Ni+][Br]. The van der Waals surface area contributed by atoms with Crippen molar-refractivity contribution < 1.29 is 19.9 Å². The third kappa shape index (κ3) is 14.6. The maximum absolute atomic E-state index is 6.00. The van der Waals surface area contributed by atoms with Gasteiger partial charge >= 0.3 is 39.3 Å². The van der Waals surface area contributed by atoms with Crippen molar-refractivity contribution in [2.75, 3.05) is 13.2 Å². The molecule has 7 heteroatoms. The Balaban J connectivity index is 0. The molecule has 2 nitrogen and oxygen atoms in total. The van der Waals surface area contributed by atoms with Crippen LogP contribution < -0.4 is 0 Å². The van der Waals surface area contributed by atoms with Crippen LogP contribution in [-0.4, -0.2) is 35.8 Å². The van der Waals surface area contributed by atoms with E-state index >= 15 is 0 Å². The van der Waals surface area contributed by atoms with Gasteiger partial charge in [-0.15, -0.1) is 0 Å². The minimum atomic E-state index is -0.317. The fraction of sp³-hybridized carbons (Fsp3) is 0.933. The first-order chi connectivity index (χ1) is 10.2. The third-order valence-corrected chi connectivity index (χ3v) is 7.68. The Kier molecular flexibility index (Phi) is 20.1. The molecule has 0 heterocycles. The van der Waals surface area contributed by atoms with Gasteiger partial charge in [0.1, 0.15) is 0 Å². The summed E-state index contributed by atoms with van der Waals surface area (Å²) in [5.41, 5.74) is 2.53. The summed E-state index contributed by atoms with van der Waals surface area (Å²) in [6.07, 6.45) is 2.14.